The third kappa shape index (κ3) is 4.04. The summed E-state index contributed by atoms with van der Waals surface area (Å²) in [5.74, 6) is -2.09. The fraction of sp³-hybridized carbons (Fsp3) is 0.286. The van der Waals surface area contributed by atoms with Crippen molar-refractivity contribution in [2.75, 3.05) is 6.54 Å². The van der Waals surface area contributed by atoms with Crippen LogP contribution in [0.25, 0.3) is 6.08 Å². The number of alkyl halides is 3. The monoisotopic (exact) mass is 315 g/mol. The number of hydrogen-bond acceptors (Lipinski definition) is 3. The van der Waals surface area contributed by atoms with E-state index in [1.165, 1.54) is 29.6 Å². The number of amides is 1. The Labute approximate surface area is 123 Å². The molecule has 0 spiro atoms. The van der Waals surface area contributed by atoms with Crippen molar-refractivity contribution < 1.29 is 22.8 Å². The molecule has 1 aromatic heterocycles. The minimum atomic E-state index is -4.90. The Hall–Kier alpha value is -1.89. The summed E-state index contributed by atoms with van der Waals surface area (Å²) in [5.41, 5.74) is 0.601. The maximum absolute atomic E-state index is 12.6. The van der Waals surface area contributed by atoms with Gasteiger partial charge in [-0.2, -0.15) is 13.2 Å². The summed E-state index contributed by atoms with van der Waals surface area (Å²) in [6.45, 7) is -0.207. The predicted octanol–water partition coefficient (Wildman–Crippen LogP) is 3.18. The fourth-order valence-electron chi connectivity index (χ4n) is 1.90. The highest BCUT2D eigenvalue weighted by Gasteiger charge is 2.42. The first-order valence-corrected chi connectivity index (χ1v) is 7.07. The fourth-order valence-corrected chi connectivity index (χ4v) is 2.71. The van der Waals surface area contributed by atoms with Crippen molar-refractivity contribution in [3.8, 4) is 0 Å². The van der Waals surface area contributed by atoms with Crippen molar-refractivity contribution in [1.29, 1.82) is 0 Å². The Morgan fingerprint density at radius 1 is 1.24 bits per heavy atom. The van der Waals surface area contributed by atoms with Crippen LogP contribution in [0.15, 0.2) is 29.7 Å². The number of thiophene rings is 1. The van der Waals surface area contributed by atoms with E-state index >= 15 is 0 Å². The van der Waals surface area contributed by atoms with Crippen LogP contribution in [-0.4, -0.2) is 29.3 Å². The van der Waals surface area contributed by atoms with Crippen LogP contribution in [0.4, 0.5) is 13.2 Å². The summed E-state index contributed by atoms with van der Waals surface area (Å²) in [5, 5.41) is 1.72. The second-order valence-corrected chi connectivity index (χ2v) is 5.41. The highest BCUT2D eigenvalue weighted by molar-refractivity contribution is 7.11. The molecule has 2 rings (SSSR count). The number of ketones is 1. The van der Waals surface area contributed by atoms with Gasteiger partial charge in [0.05, 0.1) is 0 Å². The summed E-state index contributed by atoms with van der Waals surface area (Å²) in [6, 6.07) is 1.66. The van der Waals surface area contributed by atoms with Gasteiger partial charge in [-0.25, -0.2) is 0 Å². The zero-order valence-corrected chi connectivity index (χ0v) is 11.7. The molecule has 1 amide bonds. The molecule has 1 aliphatic heterocycles. The molecule has 1 aromatic rings. The number of nitrogens with zero attached hydrogens (tertiary/aromatic N) is 1. The van der Waals surface area contributed by atoms with Gasteiger partial charge >= 0.3 is 12.1 Å². The van der Waals surface area contributed by atoms with Gasteiger partial charge in [-0.1, -0.05) is 6.08 Å². The Morgan fingerprint density at radius 3 is 2.71 bits per heavy atom. The summed E-state index contributed by atoms with van der Waals surface area (Å²) in [6.07, 6.45) is 1.00. The van der Waals surface area contributed by atoms with Crippen LogP contribution in [0, 0.1) is 0 Å². The van der Waals surface area contributed by atoms with Crippen LogP contribution in [0.1, 0.15) is 16.9 Å². The van der Waals surface area contributed by atoms with Crippen LogP contribution in [0.3, 0.4) is 0 Å². The maximum Gasteiger partial charge on any atom is 0.471 e. The van der Waals surface area contributed by atoms with Gasteiger partial charge in [-0.05, 0) is 41.7 Å². The van der Waals surface area contributed by atoms with Crippen molar-refractivity contribution >= 4 is 29.1 Å². The molecule has 21 heavy (non-hydrogen) atoms. The van der Waals surface area contributed by atoms with Crippen LogP contribution >= 0.6 is 11.3 Å². The summed E-state index contributed by atoms with van der Waals surface area (Å²) >= 11 is 1.31. The van der Waals surface area contributed by atoms with E-state index in [1.807, 2.05) is 0 Å². The molecule has 0 saturated carbocycles. The topological polar surface area (TPSA) is 37.4 Å². The normalized spacial score (nSPS) is 18.0. The largest absolute Gasteiger partial charge is 0.471 e. The molecule has 0 unspecified atom stereocenters. The quantitative estimate of drug-likeness (QED) is 0.737. The molecule has 7 heteroatoms. The minimum Gasteiger partial charge on any atom is -0.330 e. The Morgan fingerprint density at radius 2 is 2.00 bits per heavy atom. The molecule has 0 atom stereocenters. The van der Waals surface area contributed by atoms with Gasteiger partial charge in [0.2, 0.25) is 0 Å². The molecular formula is C14H12F3NO2S. The Balaban J connectivity index is 2.32. The van der Waals surface area contributed by atoms with E-state index in [1.54, 1.807) is 17.5 Å². The van der Waals surface area contributed by atoms with E-state index in [4.69, 9.17) is 0 Å². The lowest BCUT2D eigenvalue weighted by atomic mass is 10.2. The lowest BCUT2D eigenvalue weighted by Gasteiger charge is -2.23. The van der Waals surface area contributed by atoms with Crippen LogP contribution in [0.2, 0.25) is 0 Å². The predicted molar refractivity (Wildman–Crippen MR) is 73.6 cm³/mol. The van der Waals surface area contributed by atoms with E-state index in [2.05, 4.69) is 0 Å². The lowest BCUT2D eigenvalue weighted by Crippen LogP contribution is -2.41. The van der Waals surface area contributed by atoms with Crippen molar-refractivity contribution in [3.63, 3.8) is 0 Å². The number of halogens is 3. The summed E-state index contributed by atoms with van der Waals surface area (Å²) < 4.78 is 37.9. The van der Waals surface area contributed by atoms with E-state index in [0.717, 1.165) is 4.90 Å². The van der Waals surface area contributed by atoms with E-state index in [-0.39, 0.29) is 25.3 Å². The molecule has 0 aromatic carbocycles. The minimum absolute atomic E-state index is 0.0859. The first kappa shape index (κ1) is 15.5. The highest BCUT2D eigenvalue weighted by atomic mass is 32.1. The molecule has 2 heterocycles. The maximum atomic E-state index is 12.6. The Bertz CT molecular complexity index is 602. The first-order chi connectivity index (χ1) is 9.88. The summed E-state index contributed by atoms with van der Waals surface area (Å²) in [4.78, 5) is 24.4. The van der Waals surface area contributed by atoms with Gasteiger partial charge in [0.1, 0.15) is 0 Å². The SMILES string of the molecule is O=C1C=Cc2sccc2CN(C(=O)C(F)(F)F)CC/C=C\1. The van der Waals surface area contributed by atoms with Crippen molar-refractivity contribution in [3.05, 3.63) is 40.1 Å². The van der Waals surface area contributed by atoms with Gasteiger partial charge in [-0.3, -0.25) is 9.59 Å². The zero-order valence-electron chi connectivity index (χ0n) is 10.9. The second-order valence-electron chi connectivity index (χ2n) is 4.46. The molecule has 3 nitrogen and oxygen atoms in total. The first-order valence-electron chi connectivity index (χ1n) is 6.19. The molecule has 0 radical (unpaired) electrons. The molecule has 0 aliphatic carbocycles. The number of carbonyl (C=O) groups excluding carboxylic acids is 2. The molecular weight excluding hydrogens is 303 g/mol. The molecule has 0 N–H and O–H groups in total. The average molecular weight is 315 g/mol. The van der Waals surface area contributed by atoms with Crippen molar-refractivity contribution in [1.82, 2.24) is 4.90 Å². The van der Waals surface area contributed by atoms with Crippen LogP contribution < -0.4 is 0 Å². The van der Waals surface area contributed by atoms with Gasteiger partial charge in [0.25, 0.3) is 0 Å². The molecule has 112 valence electrons. The number of carbonyl (C=O) groups is 2. The second kappa shape index (κ2) is 6.26. The van der Waals surface area contributed by atoms with Crippen LogP contribution in [-0.2, 0) is 16.1 Å². The van der Waals surface area contributed by atoms with Gasteiger partial charge in [-0.15, -0.1) is 11.3 Å². The third-order valence-corrected chi connectivity index (χ3v) is 3.84. The summed E-state index contributed by atoms with van der Waals surface area (Å²) in [7, 11) is 0. The zero-order chi connectivity index (χ0) is 15.5. The van der Waals surface area contributed by atoms with E-state index < -0.39 is 12.1 Å². The van der Waals surface area contributed by atoms with E-state index in [9.17, 15) is 22.8 Å². The number of fused-ring (bicyclic) bond motifs is 1. The molecule has 1 aliphatic rings. The molecule has 0 bridgehead atoms. The molecule has 0 saturated heterocycles. The Kier molecular flexibility index (Phi) is 4.62. The van der Waals surface area contributed by atoms with Gasteiger partial charge < -0.3 is 4.90 Å². The van der Waals surface area contributed by atoms with Crippen LogP contribution in [0.5, 0.6) is 0 Å². The van der Waals surface area contributed by atoms with Gasteiger partial charge in [0.15, 0.2) is 5.78 Å². The van der Waals surface area contributed by atoms with Crippen molar-refractivity contribution in [2.24, 2.45) is 0 Å². The molecule has 0 fully saturated rings. The van der Waals surface area contributed by atoms with Gasteiger partial charge in [0, 0.05) is 18.0 Å². The number of rotatable bonds is 0. The highest BCUT2D eigenvalue weighted by Crippen LogP contribution is 2.24. The lowest BCUT2D eigenvalue weighted by molar-refractivity contribution is -0.186. The number of allylic oxidation sites excluding steroid dienone is 2. The third-order valence-electron chi connectivity index (χ3n) is 2.92. The van der Waals surface area contributed by atoms with E-state index in [0.29, 0.717) is 10.4 Å². The van der Waals surface area contributed by atoms with Crippen molar-refractivity contribution in [2.45, 2.75) is 19.1 Å². The standard InChI is InChI=1S/C14H12F3NO2S/c15-14(16,17)13(20)18-7-2-1-3-11(19)4-5-12-10(9-18)6-8-21-12/h1,3-6,8H,2,7,9H2/b3-1-,5-4?. The number of hydrogen-bond donors (Lipinski definition) is 0. The average Bonchev–Trinajstić information content (AvgIpc) is 2.83. The smallest absolute Gasteiger partial charge is 0.330 e.